The highest BCUT2D eigenvalue weighted by atomic mass is 16.7. The minimum absolute atomic E-state index is 0.264. The second kappa shape index (κ2) is 28.8. The van der Waals surface area contributed by atoms with Crippen LogP contribution in [0.3, 0.4) is 0 Å². The van der Waals surface area contributed by atoms with Gasteiger partial charge in [0, 0.05) is 0 Å². The van der Waals surface area contributed by atoms with E-state index in [0.717, 1.165) is 38.5 Å². The Kier molecular flexibility index (Phi) is 27.0. The molecule has 1 rings (SSSR count). The Bertz CT molecular complexity index is 760. The van der Waals surface area contributed by atoms with Gasteiger partial charge in [0.05, 0.1) is 25.4 Å². The zero-order chi connectivity index (χ0) is 35.6. The minimum atomic E-state index is -1.65. The summed E-state index contributed by atoms with van der Waals surface area (Å²) in [6.07, 6.45) is 13.1. The lowest BCUT2D eigenvalue weighted by molar-refractivity contribution is -0.303. The average Bonchev–Trinajstić information content (AvgIpc) is 3.08. The molecule has 0 aromatic carbocycles. The molecule has 0 aromatic heterocycles. The summed E-state index contributed by atoms with van der Waals surface area (Å²) in [6.45, 7) is 3.38. The molecule has 0 radical (unpaired) electrons. The second-order valence-electron chi connectivity index (χ2n) is 14.0. The van der Waals surface area contributed by atoms with Crippen molar-refractivity contribution in [3.63, 3.8) is 0 Å². The van der Waals surface area contributed by atoms with Crippen molar-refractivity contribution in [2.24, 2.45) is 0 Å². The minimum Gasteiger partial charge on any atom is -0.394 e. The first-order valence-electron chi connectivity index (χ1n) is 19.4. The van der Waals surface area contributed by atoms with E-state index in [-0.39, 0.29) is 6.42 Å². The number of amides is 1. The van der Waals surface area contributed by atoms with Gasteiger partial charge in [-0.3, -0.25) is 4.79 Å². The third-order valence-electron chi connectivity index (χ3n) is 9.66. The maximum Gasteiger partial charge on any atom is 0.249 e. The van der Waals surface area contributed by atoms with Gasteiger partial charge in [-0.05, 0) is 12.8 Å². The van der Waals surface area contributed by atoms with E-state index in [4.69, 9.17) is 9.47 Å². The van der Waals surface area contributed by atoms with Gasteiger partial charge in [0.2, 0.25) is 5.91 Å². The predicted molar refractivity (Wildman–Crippen MR) is 187 cm³/mol. The molecule has 48 heavy (non-hydrogen) atoms. The SMILES string of the molecule is CCCCCCCCCCCCCC(O)C(O)C(COC1OC(CO)C(O)C(O)C1O)NC(=O)C(O)CCCCCCCCCCCC. The van der Waals surface area contributed by atoms with Crippen molar-refractivity contribution in [3.05, 3.63) is 0 Å². The summed E-state index contributed by atoms with van der Waals surface area (Å²) >= 11 is 0. The van der Waals surface area contributed by atoms with Gasteiger partial charge >= 0.3 is 0 Å². The van der Waals surface area contributed by atoms with Gasteiger partial charge in [-0.2, -0.15) is 0 Å². The molecule has 9 atom stereocenters. The maximum absolute atomic E-state index is 12.9. The lowest BCUT2D eigenvalue weighted by atomic mass is 9.98. The molecule has 286 valence electrons. The van der Waals surface area contributed by atoms with E-state index in [1.165, 1.54) is 83.5 Å². The van der Waals surface area contributed by atoms with Crippen LogP contribution >= 0.6 is 0 Å². The number of carbonyl (C=O) groups is 1. The average molecular weight is 692 g/mol. The van der Waals surface area contributed by atoms with E-state index < -0.39 is 74.2 Å². The third-order valence-corrected chi connectivity index (χ3v) is 9.66. The largest absolute Gasteiger partial charge is 0.394 e. The lowest BCUT2D eigenvalue weighted by Gasteiger charge is -2.40. The van der Waals surface area contributed by atoms with Gasteiger partial charge in [-0.1, -0.05) is 149 Å². The summed E-state index contributed by atoms with van der Waals surface area (Å²) in [5, 5.41) is 75.1. The second-order valence-corrected chi connectivity index (χ2v) is 14.0. The zero-order valence-corrected chi connectivity index (χ0v) is 30.2. The molecule has 1 aliphatic rings. The number of aliphatic hydroxyl groups excluding tert-OH is 7. The number of carbonyl (C=O) groups excluding carboxylic acids is 1. The van der Waals surface area contributed by atoms with E-state index in [9.17, 15) is 40.5 Å². The fraction of sp³-hybridized carbons (Fsp3) is 0.973. The Labute approximate surface area is 290 Å². The summed E-state index contributed by atoms with van der Waals surface area (Å²) in [7, 11) is 0. The molecular formula is C37H73NO10. The number of ether oxygens (including phenoxy) is 2. The fourth-order valence-electron chi connectivity index (χ4n) is 6.32. The van der Waals surface area contributed by atoms with E-state index in [2.05, 4.69) is 19.2 Å². The van der Waals surface area contributed by atoms with Crippen LogP contribution in [0, 0.1) is 0 Å². The van der Waals surface area contributed by atoms with E-state index in [0.29, 0.717) is 19.3 Å². The van der Waals surface area contributed by atoms with Crippen LogP contribution in [-0.2, 0) is 14.3 Å². The van der Waals surface area contributed by atoms with E-state index >= 15 is 0 Å². The van der Waals surface area contributed by atoms with Gasteiger partial charge in [-0.25, -0.2) is 0 Å². The van der Waals surface area contributed by atoms with Crippen LogP contribution in [0.4, 0.5) is 0 Å². The first-order chi connectivity index (χ1) is 23.2. The summed E-state index contributed by atoms with van der Waals surface area (Å²) in [6, 6.07) is -1.16. The van der Waals surface area contributed by atoms with Crippen molar-refractivity contribution in [3.8, 4) is 0 Å². The van der Waals surface area contributed by atoms with Gasteiger partial charge < -0.3 is 50.5 Å². The standard InChI is InChI=1S/C37H73NO10/c1-3-5-7-9-11-13-15-17-18-20-22-24-29(40)32(42)28(27-47-37-35(45)34(44)33(43)31(26-39)48-37)38-36(46)30(41)25-23-21-19-16-14-12-10-8-6-4-2/h28-35,37,39-45H,3-27H2,1-2H3,(H,38,46). The van der Waals surface area contributed by atoms with Crippen LogP contribution in [0.5, 0.6) is 0 Å². The number of aliphatic hydroxyl groups is 7. The smallest absolute Gasteiger partial charge is 0.249 e. The van der Waals surface area contributed by atoms with Crippen LogP contribution < -0.4 is 5.32 Å². The Morgan fingerprint density at radius 3 is 1.54 bits per heavy atom. The molecule has 0 spiro atoms. The Balaban J connectivity index is 2.58. The molecule has 1 heterocycles. The summed E-state index contributed by atoms with van der Waals surface area (Å²) in [5.74, 6) is -0.700. The van der Waals surface area contributed by atoms with Gasteiger partial charge in [-0.15, -0.1) is 0 Å². The van der Waals surface area contributed by atoms with Crippen LogP contribution in [0.25, 0.3) is 0 Å². The molecule has 11 heteroatoms. The first kappa shape index (κ1) is 45.1. The van der Waals surface area contributed by atoms with E-state index in [1.54, 1.807) is 0 Å². The normalized spacial score (nSPS) is 23.9. The number of hydrogen-bond acceptors (Lipinski definition) is 10. The molecule has 11 nitrogen and oxygen atoms in total. The molecule has 0 bridgehead atoms. The van der Waals surface area contributed by atoms with Crippen LogP contribution in [-0.4, -0.2) is 110 Å². The highest BCUT2D eigenvalue weighted by Crippen LogP contribution is 2.23. The van der Waals surface area contributed by atoms with Crippen molar-refractivity contribution in [1.29, 1.82) is 0 Å². The molecule has 1 saturated heterocycles. The number of unbranched alkanes of at least 4 members (excludes halogenated alkanes) is 19. The van der Waals surface area contributed by atoms with Crippen LogP contribution in [0.2, 0.25) is 0 Å². The van der Waals surface area contributed by atoms with Crippen LogP contribution in [0.15, 0.2) is 0 Å². The highest BCUT2D eigenvalue weighted by Gasteiger charge is 2.44. The van der Waals surface area contributed by atoms with Crippen LogP contribution in [0.1, 0.15) is 162 Å². The number of nitrogens with one attached hydrogen (secondary N) is 1. The molecule has 0 aromatic rings. The van der Waals surface area contributed by atoms with Gasteiger partial charge in [0.1, 0.15) is 36.6 Å². The predicted octanol–water partition coefficient (Wildman–Crippen LogP) is 4.38. The molecular weight excluding hydrogens is 618 g/mol. The topological polar surface area (TPSA) is 189 Å². The highest BCUT2D eigenvalue weighted by molar-refractivity contribution is 5.80. The van der Waals surface area contributed by atoms with Crippen molar-refractivity contribution < 1.29 is 50.0 Å². The molecule has 9 unspecified atom stereocenters. The Hall–Kier alpha value is -0.890. The Morgan fingerprint density at radius 1 is 0.646 bits per heavy atom. The molecule has 0 saturated carbocycles. The fourth-order valence-corrected chi connectivity index (χ4v) is 6.32. The van der Waals surface area contributed by atoms with Crippen molar-refractivity contribution in [1.82, 2.24) is 5.32 Å². The maximum atomic E-state index is 12.9. The summed E-state index contributed by atoms with van der Waals surface area (Å²) in [4.78, 5) is 12.9. The van der Waals surface area contributed by atoms with Crippen molar-refractivity contribution in [2.45, 2.75) is 217 Å². The molecule has 0 aliphatic carbocycles. The first-order valence-corrected chi connectivity index (χ1v) is 19.4. The lowest BCUT2D eigenvalue weighted by Crippen LogP contribution is -2.60. The monoisotopic (exact) mass is 692 g/mol. The third kappa shape index (κ3) is 19.5. The molecule has 1 fully saturated rings. The van der Waals surface area contributed by atoms with Gasteiger partial charge in [0.15, 0.2) is 6.29 Å². The summed E-state index contributed by atoms with van der Waals surface area (Å²) < 4.78 is 11.0. The van der Waals surface area contributed by atoms with Crippen molar-refractivity contribution >= 4 is 5.91 Å². The molecule has 1 amide bonds. The van der Waals surface area contributed by atoms with E-state index in [1.807, 2.05) is 0 Å². The van der Waals surface area contributed by atoms with Crippen molar-refractivity contribution in [2.75, 3.05) is 13.2 Å². The zero-order valence-electron chi connectivity index (χ0n) is 30.2. The number of rotatable bonds is 31. The van der Waals surface area contributed by atoms with Gasteiger partial charge in [0.25, 0.3) is 0 Å². The Morgan fingerprint density at radius 2 is 1.08 bits per heavy atom. The quantitative estimate of drug-likeness (QED) is 0.0485. The molecule has 8 N–H and O–H groups in total. The summed E-state index contributed by atoms with van der Waals surface area (Å²) in [5.41, 5.74) is 0. The molecule has 1 aliphatic heterocycles. The number of hydrogen-bond donors (Lipinski definition) is 8.